The van der Waals surface area contributed by atoms with Gasteiger partial charge in [0.25, 0.3) is 0 Å². The Bertz CT molecular complexity index is 407. The van der Waals surface area contributed by atoms with Gasteiger partial charge in [-0.25, -0.2) is 0 Å². The number of rotatable bonds is 5. The van der Waals surface area contributed by atoms with Crippen LogP contribution < -0.4 is 5.32 Å². The number of aliphatic hydroxyl groups excluding tert-OH is 1. The number of carbonyl (C=O) groups excluding carboxylic acids is 1. The van der Waals surface area contributed by atoms with Crippen molar-refractivity contribution in [3.63, 3.8) is 0 Å². The lowest BCUT2D eigenvalue weighted by atomic mass is 10.0. The SMILES string of the molecule is CC1OCCC1C(=O)NCCC(O)c1ccccc1. The summed E-state index contributed by atoms with van der Waals surface area (Å²) in [6.45, 7) is 3.07. The Labute approximate surface area is 113 Å². The molecular weight excluding hydrogens is 242 g/mol. The van der Waals surface area contributed by atoms with Gasteiger partial charge in [0.15, 0.2) is 0 Å². The molecule has 1 aromatic rings. The van der Waals surface area contributed by atoms with E-state index in [0.717, 1.165) is 12.0 Å². The number of carbonyl (C=O) groups is 1. The minimum Gasteiger partial charge on any atom is -0.388 e. The molecule has 1 saturated heterocycles. The topological polar surface area (TPSA) is 58.6 Å². The Morgan fingerprint density at radius 2 is 2.21 bits per heavy atom. The molecule has 1 heterocycles. The number of benzene rings is 1. The lowest BCUT2D eigenvalue weighted by Gasteiger charge is -2.15. The molecule has 1 fully saturated rings. The molecule has 0 aliphatic carbocycles. The van der Waals surface area contributed by atoms with Crippen LogP contribution in [0.5, 0.6) is 0 Å². The van der Waals surface area contributed by atoms with E-state index in [1.165, 1.54) is 0 Å². The number of aliphatic hydroxyl groups is 1. The second-order valence-corrected chi connectivity index (χ2v) is 4.98. The Hall–Kier alpha value is -1.39. The summed E-state index contributed by atoms with van der Waals surface area (Å²) in [4.78, 5) is 11.9. The first-order valence-corrected chi connectivity index (χ1v) is 6.81. The van der Waals surface area contributed by atoms with Crippen molar-refractivity contribution in [3.05, 3.63) is 35.9 Å². The summed E-state index contributed by atoms with van der Waals surface area (Å²) in [5, 5.41) is 12.9. The minimum atomic E-state index is -0.529. The molecule has 1 amide bonds. The van der Waals surface area contributed by atoms with Crippen molar-refractivity contribution in [2.24, 2.45) is 5.92 Å². The van der Waals surface area contributed by atoms with Crippen LogP contribution in [0.1, 0.15) is 31.4 Å². The average molecular weight is 263 g/mol. The molecule has 0 aromatic heterocycles. The molecule has 2 rings (SSSR count). The molecule has 3 unspecified atom stereocenters. The van der Waals surface area contributed by atoms with Crippen molar-refractivity contribution in [1.29, 1.82) is 0 Å². The molecule has 0 bridgehead atoms. The molecular formula is C15H21NO3. The van der Waals surface area contributed by atoms with Gasteiger partial charge < -0.3 is 15.2 Å². The van der Waals surface area contributed by atoms with E-state index in [2.05, 4.69) is 5.32 Å². The molecule has 4 nitrogen and oxygen atoms in total. The van der Waals surface area contributed by atoms with Crippen LogP contribution >= 0.6 is 0 Å². The molecule has 1 aliphatic rings. The fraction of sp³-hybridized carbons (Fsp3) is 0.533. The Morgan fingerprint density at radius 1 is 1.47 bits per heavy atom. The summed E-state index contributed by atoms with van der Waals surface area (Å²) in [5.74, 6) is -0.0147. The summed E-state index contributed by atoms with van der Waals surface area (Å²) < 4.78 is 5.37. The predicted octanol–water partition coefficient (Wildman–Crippen LogP) is 1.65. The van der Waals surface area contributed by atoms with E-state index >= 15 is 0 Å². The van der Waals surface area contributed by atoms with Gasteiger partial charge in [-0.3, -0.25) is 4.79 Å². The standard InChI is InChI=1S/C15H21NO3/c1-11-13(8-10-19-11)15(18)16-9-7-14(17)12-5-3-2-4-6-12/h2-6,11,13-14,17H,7-10H2,1H3,(H,16,18). The first-order valence-electron chi connectivity index (χ1n) is 6.81. The third kappa shape index (κ3) is 3.78. The molecule has 0 radical (unpaired) electrons. The molecule has 0 spiro atoms. The molecule has 1 aromatic carbocycles. The summed E-state index contributed by atoms with van der Waals surface area (Å²) >= 11 is 0. The summed E-state index contributed by atoms with van der Waals surface area (Å²) in [6, 6.07) is 9.49. The van der Waals surface area contributed by atoms with Gasteiger partial charge in [-0.15, -0.1) is 0 Å². The van der Waals surface area contributed by atoms with Gasteiger partial charge >= 0.3 is 0 Å². The first-order chi connectivity index (χ1) is 9.18. The number of amides is 1. The van der Waals surface area contributed by atoms with Crippen LogP contribution in [-0.4, -0.2) is 30.3 Å². The fourth-order valence-electron chi connectivity index (χ4n) is 2.38. The van der Waals surface area contributed by atoms with Crippen LogP contribution in [0.25, 0.3) is 0 Å². The maximum absolute atomic E-state index is 11.9. The first kappa shape index (κ1) is 14.0. The van der Waals surface area contributed by atoms with Gasteiger partial charge in [0, 0.05) is 13.2 Å². The highest BCUT2D eigenvalue weighted by atomic mass is 16.5. The number of ether oxygens (including phenoxy) is 1. The molecule has 19 heavy (non-hydrogen) atoms. The Kier molecular flexibility index (Phi) is 4.93. The zero-order chi connectivity index (χ0) is 13.7. The van der Waals surface area contributed by atoms with E-state index in [0.29, 0.717) is 19.6 Å². The number of hydrogen-bond acceptors (Lipinski definition) is 3. The molecule has 2 N–H and O–H groups in total. The van der Waals surface area contributed by atoms with Crippen LogP contribution in [0.4, 0.5) is 0 Å². The average Bonchev–Trinajstić information content (AvgIpc) is 2.86. The van der Waals surface area contributed by atoms with Crippen LogP contribution in [0.3, 0.4) is 0 Å². The van der Waals surface area contributed by atoms with E-state index in [-0.39, 0.29) is 17.9 Å². The Balaban J connectivity index is 1.73. The van der Waals surface area contributed by atoms with Gasteiger partial charge in [-0.1, -0.05) is 30.3 Å². The third-order valence-corrected chi connectivity index (χ3v) is 3.61. The van der Waals surface area contributed by atoms with Crippen molar-refractivity contribution in [1.82, 2.24) is 5.32 Å². The van der Waals surface area contributed by atoms with Crippen LogP contribution in [0.15, 0.2) is 30.3 Å². The van der Waals surface area contributed by atoms with E-state index in [9.17, 15) is 9.90 Å². The van der Waals surface area contributed by atoms with E-state index in [4.69, 9.17) is 4.74 Å². The fourth-order valence-corrected chi connectivity index (χ4v) is 2.38. The highest BCUT2D eigenvalue weighted by Gasteiger charge is 2.30. The molecule has 1 aliphatic heterocycles. The summed E-state index contributed by atoms with van der Waals surface area (Å²) in [5.41, 5.74) is 0.884. The summed E-state index contributed by atoms with van der Waals surface area (Å²) in [6.07, 6.45) is 0.782. The number of nitrogens with one attached hydrogen (secondary N) is 1. The van der Waals surface area contributed by atoms with Gasteiger partial charge in [0.05, 0.1) is 18.1 Å². The van der Waals surface area contributed by atoms with Crippen molar-refractivity contribution in [2.45, 2.75) is 32.0 Å². The van der Waals surface area contributed by atoms with E-state index < -0.39 is 6.10 Å². The van der Waals surface area contributed by atoms with Crippen LogP contribution in [0.2, 0.25) is 0 Å². The quantitative estimate of drug-likeness (QED) is 0.849. The van der Waals surface area contributed by atoms with Crippen molar-refractivity contribution < 1.29 is 14.6 Å². The molecule has 4 heteroatoms. The smallest absolute Gasteiger partial charge is 0.225 e. The van der Waals surface area contributed by atoms with Gasteiger partial charge in [0.2, 0.25) is 5.91 Å². The Morgan fingerprint density at radius 3 is 2.84 bits per heavy atom. The summed E-state index contributed by atoms with van der Waals surface area (Å²) in [7, 11) is 0. The second-order valence-electron chi connectivity index (χ2n) is 4.98. The largest absolute Gasteiger partial charge is 0.388 e. The van der Waals surface area contributed by atoms with Crippen LogP contribution in [0, 0.1) is 5.92 Å². The number of hydrogen-bond donors (Lipinski definition) is 2. The van der Waals surface area contributed by atoms with Crippen molar-refractivity contribution in [2.75, 3.05) is 13.2 Å². The maximum Gasteiger partial charge on any atom is 0.225 e. The van der Waals surface area contributed by atoms with Gasteiger partial charge in [0.1, 0.15) is 0 Å². The normalized spacial score (nSPS) is 24.1. The lowest BCUT2D eigenvalue weighted by Crippen LogP contribution is -2.35. The van der Waals surface area contributed by atoms with E-state index in [1.54, 1.807) is 0 Å². The van der Waals surface area contributed by atoms with Gasteiger partial charge in [-0.2, -0.15) is 0 Å². The molecule has 3 atom stereocenters. The second kappa shape index (κ2) is 6.68. The lowest BCUT2D eigenvalue weighted by molar-refractivity contribution is -0.126. The highest BCUT2D eigenvalue weighted by molar-refractivity contribution is 5.79. The predicted molar refractivity (Wildman–Crippen MR) is 72.5 cm³/mol. The van der Waals surface area contributed by atoms with Crippen LogP contribution in [-0.2, 0) is 9.53 Å². The maximum atomic E-state index is 11.9. The molecule has 0 saturated carbocycles. The zero-order valence-electron chi connectivity index (χ0n) is 11.2. The van der Waals surface area contributed by atoms with Gasteiger partial charge in [-0.05, 0) is 25.3 Å². The van der Waals surface area contributed by atoms with Crippen molar-refractivity contribution >= 4 is 5.91 Å². The highest BCUT2D eigenvalue weighted by Crippen LogP contribution is 2.20. The third-order valence-electron chi connectivity index (χ3n) is 3.61. The zero-order valence-corrected chi connectivity index (χ0v) is 11.2. The van der Waals surface area contributed by atoms with Crippen molar-refractivity contribution in [3.8, 4) is 0 Å². The minimum absolute atomic E-state index is 0.000883. The molecule has 104 valence electrons. The monoisotopic (exact) mass is 263 g/mol. The van der Waals surface area contributed by atoms with E-state index in [1.807, 2.05) is 37.3 Å².